The van der Waals surface area contributed by atoms with E-state index >= 15 is 0 Å². The molecule has 3 N–H and O–H groups in total. The zero-order valence-corrected chi connectivity index (χ0v) is 25.1. The number of hydrogen-bond donors (Lipinski definition) is 2. The van der Waals surface area contributed by atoms with Gasteiger partial charge in [0.2, 0.25) is 0 Å². The first kappa shape index (κ1) is 29.3. The zero-order valence-electron chi connectivity index (χ0n) is 24.3. The van der Waals surface area contributed by atoms with Crippen LogP contribution in [0, 0.1) is 18.8 Å². The smallest absolute Gasteiger partial charge is 0.281 e. The summed E-state index contributed by atoms with van der Waals surface area (Å²) in [6.07, 6.45) is 2.70. The molecule has 0 spiro atoms. The predicted molar refractivity (Wildman–Crippen MR) is 159 cm³/mol. The number of nitrogen functional groups attached to an aromatic ring is 1. The number of carbonyl (C=O) groups is 1. The average molecular weight is 566 g/mol. The summed E-state index contributed by atoms with van der Waals surface area (Å²) in [6.45, 7) is 14.3. The molecule has 1 saturated heterocycles. The monoisotopic (exact) mass is 565 g/mol. The van der Waals surface area contributed by atoms with Crippen molar-refractivity contribution in [3.63, 3.8) is 0 Å². The molecule has 214 valence electrons. The van der Waals surface area contributed by atoms with Gasteiger partial charge in [-0.15, -0.1) is 0 Å². The quantitative estimate of drug-likeness (QED) is 0.411. The van der Waals surface area contributed by atoms with Crippen molar-refractivity contribution in [2.75, 3.05) is 35.7 Å². The van der Waals surface area contributed by atoms with E-state index in [-0.39, 0.29) is 21.9 Å². The topological polar surface area (TPSA) is 134 Å². The van der Waals surface area contributed by atoms with Crippen molar-refractivity contribution in [2.45, 2.75) is 58.5 Å². The molecular weight excluding hydrogens is 526 g/mol. The van der Waals surface area contributed by atoms with Crippen molar-refractivity contribution in [1.29, 1.82) is 0 Å². The number of hydrogen-bond acceptors (Lipinski definition) is 9. The molecule has 4 heterocycles. The molecule has 3 aromatic heterocycles. The van der Waals surface area contributed by atoms with Crippen molar-refractivity contribution in [2.24, 2.45) is 11.8 Å². The van der Waals surface area contributed by atoms with Gasteiger partial charge in [0.05, 0.1) is 11.3 Å². The van der Waals surface area contributed by atoms with Gasteiger partial charge in [-0.1, -0.05) is 26.8 Å². The maximum Gasteiger partial charge on any atom is 0.281 e. The highest BCUT2D eigenvalue weighted by Crippen LogP contribution is 2.38. The van der Waals surface area contributed by atoms with Crippen LogP contribution in [0.25, 0.3) is 11.3 Å². The lowest BCUT2D eigenvalue weighted by molar-refractivity contribution is 0.0981. The van der Waals surface area contributed by atoms with Gasteiger partial charge in [-0.25, -0.2) is 19.7 Å². The van der Waals surface area contributed by atoms with Crippen LogP contribution in [0.15, 0.2) is 47.6 Å². The molecule has 3 aromatic rings. The number of sulfonamides is 1. The van der Waals surface area contributed by atoms with Crippen LogP contribution in [0.5, 0.6) is 0 Å². The van der Waals surface area contributed by atoms with Crippen molar-refractivity contribution in [3.05, 3.63) is 53.7 Å². The van der Waals surface area contributed by atoms with Gasteiger partial charge in [0.1, 0.15) is 17.5 Å². The van der Waals surface area contributed by atoms with Gasteiger partial charge in [0.25, 0.3) is 15.9 Å². The SMILES string of the molecule is Cc1cc(-c2ccc(C(=O)NS(=O)(=O)c3cccc(N)n3)c(N3C[C@@H](C)CC3(C)C)n2)cnc1N(C)CC(C)C. The summed E-state index contributed by atoms with van der Waals surface area (Å²) in [6, 6.07) is 9.63. The number of nitrogens with two attached hydrogens (primary N) is 1. The summed E-state index contributed by atoms with van der Waals surface area (Å²) in [7, 11) is -2.22. The summed E-state index contributed by atoms with van der Waals surface area (Å²) in [5.41, 5.74) is 8.02. The van der Waals surface area contributed by atoms with Gasteiger partial charge in [0, 0.05) is 37.4 Å². The van der Waals surface area contributed by atoms with Crippen molar-refractivity contribution in [3.8, 4) is 11.3 Å². The lowest BCUT2D eigenvalue weighted by atomic mass is 9.97. The minimum absolute atomic E-state index is 0.0418. The highest BCUT2D eigenvalue weighted by Gasteiger charge is 2.39. The van der Waals surface area contributed by atoms with E-state index in [0.29, 0.717) is 29.9 Å². The molecule has 4 rings (SSSR count). The number of aromatic nitrogens is 3. The van der Waals surface area contributed by atoms with Gasteiger partial charge in [-0.05, 0) is 74.9 Å². The molecule has 11 heteroatoms. The molecule has 10 nitrogen and oxygen atoms in total. The van der Waals surface area contributed by atoms with Crippen LogP contribution in [0.4, 0.5) is 17.5 Å². The third-order valence-corrected chi connectivity index (χ3v) is 8.27. The van der Waals surface area contributed by atoms with Crippen LogP contribution in [0.2, 0.25) is 0 Å². The number of amides is 1. The minimum atomic E-state index is -4.25. The Kier molecular flexibility index (Phi) is 8.07. The first-order chi connectivity index (χ1) is 18.7. The second-order valence-corrected chi connectivity index (χ2v) is 13.4. The molecule has 1 aliphatic rings. The van der Waals surface area contributed by atoms with E-state index in [9.17, 15) is 13.2 Å². The molecule has 1 aliphatic heterocycles. The van der Waals surface area contributed by atoms with Crippen LogP contribution in [-0.4, -0.2) is 55.0 Å². The van der Waals surface area contributed by atoms with E-state index in [4.69, 9.17) is 15.7 Å². The molecular formula is C29H39N7O3S. The minimum Gasteiger partial charge on any atom is -0.384 e. The predicted octanol–water partition coefficient (Wildman–Crippen LogP) is 4.26. The van der Waals surface area contributed by atoms with E-state index in [0.717, 1.165) is 29.9 Å². The second-order valence-electron chi connectivity index (χ2n) is 11.8. The first-order valence-electron chi connectivity index (χ1n) is 13.4. The first-order valence-corrected chi connectivity index (χ1v) is 14.9. The van der Waals surface area contributed by atoms with E-state index in [2.05, 4.69) is 54.1 Å². The highest BCUT2D eigenvalue weighted by molar-refractivity contribution is 7.90. The molecule has 0 bridgehead atoms. The van der Waals surface area contributed by atoms with Gasteiger partial charge < -0.3 is 15.5 Å². The molecule has 0 aliphatic carbocycles. The Bertz CT molecular complexity index is 1520. The van der Waals surface area contributed by atoms with E-state index in [1.54, 1.807) is 18.3 Å². The summed E-state index contributed by atoms with van der Waals surface area (Å²) < 4.78 is 28.1. The second kappa shape index (κ2) is 11.0. The molecule has 1 fully saturated rings. The van der Waals surface area contributed by atoms with E-state index in [1.165, 1.54) is 18.2 Å². The van der Waals surface area contributed by atoms with E-state index in [1.807, 2.05) is 20.0 Å². The average Bonchev–Trinajstić information content (AvgIpc) is 3.14. The lowest BCUT2D eigenvalue weighted by Gasteiger charge is -2.34. The van der Waals surface area contributed by atoms with Crippen LogP contribution in [-0.2, 0) is 10.0 Å². The highest BCUT2D eigenvalue weighted by atomic mass is 32.2. The fourth-order valence-corrected chi connectivity index (χ4v) is 6.44. The summed E-state index contributed by atoms with van der Waals surface area (Å²) >= 11 is 0. The Labute approximate surface area is 237 Å². The van der Waals surface area contributed by atoms with Gasteiger partial charge in [0.15, 0.2) is 5.03 Å². The van der Waals surface area contributed by atoms with Crippen molar-refractivity contribution < 1.29 is 13.2 Å². The largest absolute Gasteiger partial charge is 0.384 e. The normalized spacial score (nSPS) is 16.8. The summed E-state index contributed by atoms with van der Waals surface area (Å²) in [5, 5.41) is -0.328. The Morgan fingerprint density at radius 2 is 1.95 bits per heavy atom. The van der Waals surface area contributed by atoms with Crippen LogP contribution < -0.4 is 20.3 Å². The third-order valence-electron chi connectivity index (χ3n) is 7.04. The molecule has 0 unspecified atom stereocenters. The molecule has 0 radical (unpaired) electrons. The molecule has 40 heavy (non-hydrogen) atoms. The Morgan fingerprint density at radius 3 is 2.55 bits per heavy atom. The Balaban J connectivity index is 1.75. The van der Waals surface area contributed by atoms with Gasteiger partial charge in [-0.3, -0.25) is 4.79 Å². The van der Waals surface area contributed by atoms with Crippen molar-refractivity contribution >= 4 is 33.4 Å². The van der Waals surface area contributed by atoms with Gasteiger partial charge in [-0.2, -0.15) is 8.42 Å². The number of aryl methyl sites for hydroxylation is 1. The maximum atomic E-state index is 13.5. The van der Waals surface area contributed by atoms with Gasteiger partial charge >= 0.3 is 0 Å². The van der Waals surface area contributed by atoms with Crippen molar-refractivity contribution in [1.82, 2.24) is 19.7 Å². The van der Waals surface area contributed by atoms with E-state index < -0.39 is 15.9 Å². The summed E-state index contributed by atoms with van der Waals surface area (Å²) in [4.78, 5) is 31.2. The third kappa shape index (κ3) is 6.19. The lowest BCUT2D eigenvalue weighted by Crippen LogP contribution is -2.41. The number of nitrogens with zero attached hydrogens (tertiary/aromatic N) is 5. The van der Waals surface area contributed by atoms with Crippen LogP contribution in [0.3, 0.4) is 0 Å². The zero-order chi connectivity index (χ0) is 29.4. The number of rotatable bonds is 8. The molecule has 0 aromatic carbocycles. The molecule has 0 saturated carbocycles. The Hall–Kier alpha value is -3.73. The number of anilines is 3. The summed E-state index contributed by atoms with van der Waals surface area (Å²) in [5.74, 6) is 1.46. The fourth-order valence-electron chi connectivity index (χ4n) is 5.50. The fraction of sp³-hybridized carbons (Fsp3) is 0.448. The maximum absolute atomic E-state index is 13.5. The Morgan fingerprint density at radius 1 is 1.23 bits per heavy atom. The molecule has 1 amide bonds. The van der Waals surface area contributed by atoms with Crippen LogP contribution in [0.1, 0.15) is 57.0 Å². The molecule has 1 atom stereocenters. The number of pyridine rings is 3. The number of carbonyl (C=O) groups excluding carboxylic acids is 1. The van der Waals surface area contributed by atoms with Crippen LogP contribution >= 0.6 is 0 Å². The number of nitrogens with one attached hydrogen (secondary N) is 1. The standard InChI is InChI=1S/C29H39N7O3S/c1-18(2)16-35(7)26-20(4)13-21(15-31-26)23-12-11-22(27(32-23)36-17-19(3)14-29(36,5)6)28(37)34-40(38,39)25-10-8-9-24(30)33-25/h8-13,15,18-19H,14,16-17H2,1-7H3,(H2,30,33)(H,34,37)/t19-/m0/s1.